The number of benzene rings is 2. The van der Waals surface area contributed by atoms with Gasteiger partial charge < -0.3 is 4.74 Å². The highest BCUT2D eigenvalue weighted by molar-refractivity contribution is 6.01. The summed E-state index contributed by atoms with van der Waals surface area (Å²) in [5, 5.41) is 0. The van der Waals surface area contributed by atoms with Crippen LogP contribution in [0.4, 0.5) is 4.79 Å². The highest BCUT2D eigenvalue weighted by atomic mass is 16.6. The molecule has 0 N–H and O–H groups in total. The van der Waals surface area contributed by atoms with Crippen LogP contribution in [0.2, 0.25) is 0 Å². The van der Waals surface area contributed by atoms with Gasteiger partial charge in [0, 0.05) is 6.08 Å². The van der Waals surface area contributed by atoms with Crippen molar-refractivity contribution in [1.82, 2.24) is 4.90 Å². The Hall–Kier alpha value is -2.88. The van der Waals surface area contributed by atoms with Crippen molar-refractivity contribution in [3.8, 4) is 11.1 Å². The average molecular weight is 297 g/mol. The molecule has 1 aliphatic rings. The van der Waals surface area contributed by atoms with Crippen LogP contribution in [-0.2, 0) is 9.53 Å². The molecule has 2 aromatic carbocycles. The molecule has 0 aliphatic carbocycles. The summed E-state index contributed by atoms with van der Waals surface area (Å²) >= 11 is 0. The summed E-state index contributed by atoms with van der Waals surface area (Å²) in [5.41, 5.74) is 2.62. The van der Waals surface area contributed by atoms with Crippen LogP contribution in [0.1, 0.15) is 11.0 Å². The van der Waals surface area contributed by atoms with Gasteiger partial charge in [0.05, 0.1) is 12.0 Å². The van der Waals surface area contributed by atoms with Crippen molar-refractivity contribution in [3.63, 3.8) is 0 Å². The van der Waals surface area contributed by atoms with Gasteiger partial charge in [0.1, 0.15) is 6.56 Å². The number of ether oxygens (including phenoxy) is 1. The summed E-state index contributed by atoms with van der Waals surface area (Å²) in [4.78, 5) is 24.0. The molecule has 2 aromatic rings. The van der Waals surface area contributed by atoms with Crippen molar-refractivity contribution >= 4 is 18.1 Å². The second-order valence-corrected chi connectivity index (χ2v) is 4.58. The third kappa shape index (κ3) is 3.06. The normalized spacial score (nSPS) is 21.6. The van der Waals surface area contributed by atoms with E-state index in [-0.39, 0.29) is 4.90 Å². The van der Waals surface area contributed by atoms with E-state index < -0.39 is 25.1 Å². The smallest absolute Gasteiger partial charge is 0.416 e. The molecule has 0 spiro atoms. The molecule has 0 saturated carbocycles. The van der Waals surface area contributed by atoms with Crippen molar-refractivity contribution < 1.29 is 19.8 Å². The number of nitrogens with zero attached hydrogens (tertiary/aromatic N) is 1. The van der Waals surface area contributed by atoms with Gasteiger partial charge in [-0.1, -0.05) is 48.5 Å². The predicted molar refractivity (Wildman–Crippen MR) is 84.0 cm³/mol. The first-order valence-electron chi connectivity index (χ1n) is 8.63. The van der Waals surface area contributed by atoms with E-state index in [9.17, 15) is 9.59 Å². The summed E-state index contributed by atoms with van der Waals surface area (Å²) < 4.78 is 34.4. The number of amides is 2. The fourth-order valence-electron chi connectivity index (χ4n) is 2.04. The Morgan fingerprint density at radius 2 is 1.91 bits per heavy atom. The highest BCUT2D eigenvalue weighted by Gasteiger charge is 2.26. The van der Waals surface area contributed by atoms with Gasteiger partial charge in [-0.05, 0) is 28.8 Å². The first-order valence-corrected chi connectivity index (χ1v) is 6.63. The van der Waals surface area contributed by atoms with Crippen molar-refractivity contribution in [2.45, 2.75) is 0 Å². The van der Waals surface area contributed by atoms with Crippen LogP contribution < -0.4 is 0 Å². The first kappa shape index (κ1) is 9.95. The lowest BCUT2D eigenvalue weighted by Gasteiger charge is -2.06. The van der Waals surface area contributed by atoms with Gasteiger partial charge in [-0.2, -0.15) is 0 Å². The molecule has 1 aliphatic heterocycles. The minimum absolute atomic E-state index is 0.143. The van der Waals surface area contributed by atoms with Crippen molar-refractivity contribution in [1.29, 1.82) is 0 Å². The number of cyclic esters (lactones) is 1. The molecule has 4 nitrogen and oxygen atoms in total. The van der Waals surface area contributed by atoms with Crippen LogP contribution in [0, 0.1) is 0 Å². The maximum absolute atomic E-state index is 12.2. The summed E-state index contributed by atoms with van der Waals surface area (Å²) in [6.45, 7) is -5.79. The molecule has 0 bridgehead atoms. The van der Waals surface area contributed by atoms with E-state index in [4.69, 9.17) is 5.48 Å². The van der Waals surface area contributed by atoms with Crippen molar-refractivity contribution in [3.05, 3.63) is 66.2 Å². The van der Waals surface area contributed by atoms with Crippen LogP contribution in [0.5, 0.6) is 0 Å². The maximum atomic E-state index is 12.2. The number of carbonyl (C=O) groups is 2. The molecular weight excluding hydrogens is 278 g/mol. The first-order chi connectivity index (χ1) is 12.2. The van der Waals surface area contributed by atoms with Gasteiger partial charge in [0.2, 0.25) is 0 Å². The molecule has 1 saturated heterocycles. The number of carbonyl (C=O) groups excluding carboxylic acids is 2. The Morgan fingerprint density at radius 3 is 2.64 bits per heavy atom. The van der Waals surface area contributed by atoms with Gasteiger partial charge in [0.25, 0.3) is 5.91 Å². The molecule has 0 aromatic heterocycles. The van der Waals surface area contributed by atoms with Crippen LogP contribution >= 0.6 is 0 Å². The summed E-state index contributed by atoms with van der Waals surface area (Å²) in [6.07, 6.45) is 1.10. The molecule has 0 unspecified atom stereocenters. The second kappa shape index (κ2) is 6.26. The summed E-state index contributed by atoms with van der Waals surface area (Å²) in [7, 11) is 0. The second-order valence-electron chi connectivity index (χ2n) is 4.58. The van der Waals surface area contributed by atoms with Crippen LogP contribution in [0.15, 0.2) is 60.7 Å². The van der Waals surface area contributed by atoms with Crippen molar-refractivity contribution in [2.24, 2.45) is 0 Å². The number of hydrogen-bond donors (Lipinski definition) is 0. The zero-order valence-electron chi connectivity index (χ0n) is 15.5. The van der Waals surface area contributed by atoms with E-state index in [0.717, 1.165) is 17.2 Å². The third-order valence-electron chi connectivity index (χ3n) is 3.11. The molecule has 110 valence electrons. The number of hydrogen-bond acceptors (Lipinski definition) is 3. The molecule has 3 rings (SSSR count). The molecule has 1 fully saturated rings. The van der Waals surface area contributed by atoms with Crippen LogP contribution in [0.25, 0.3) is 17.2 Å². The number of imide groups is 1. The third-order valence-corrected chi connectivity index (χ3v) is 3.11. The number of rotatable bonds is 3. The molecule has 4 heteroatoms. The Morgan fingerprint density at radius 1 is 1.14 bits per heavy atom. The standard InChI is InChI=1S/C18H15NO3/c20-17(19-11-12-22-18(19)21)10-9-14-5-4-8-16(13-14)15-6-2-1-3-7-15/h1-10,13H,11-12H2/b10-9+/i11D2,12D2. The van der Waals surface area contributed by atoms with E-state index in [1.807, 2.05) is 48.5 Å². The van der Waals surface area contributed by atoms with Crippen LogP contribution in [-0.4, -0.2) is 30.0 Å². The Bertz CT molecular complexity index is 881. The molecule has 0 atom stereocenters. The van der Waals surface area contributed by atoms with Crippen molar-refractivity contribution in [2.75, 3.05) is 13.1 Å². The Balaban J connectivity index is 1.82. The van der Waals surface area contributed by atoms with E-state index in [0.29, 0.717) is 5.56 Å². The SMILES string of the molecule is [2H]C1([2H])OC(=O)N(C(=O)/C=C/c2cccc(-c3ccccc3)c2)C1([2H])[2H]. The average Bonchev–Trinajstić information content (AvgIpc) is 2.76. The maximum Gasteiger partial charge on any atom is 0.416 e. The largest absolute Gasteiger partial charge is 0.447 e. The minimum Gasteiger partial charge on any atom is -0.447 e. The van der Waals surface area contributed by atoms with E-state index in [2.05, 4.69) is 4.74 Å². The van der Waals surface area contributed by atoms with E-state index in [1.54, 1.807) is 6.07 Å². The van der Waals surface area contributed by atoms with E-state index in [1.165, 1.54) is 6.08 Å². The lowest BCUT2D eigenvalue weighted by atomic mass is 10.0. The highest BCUT2D eigenvalue weighted by Crippen LogP contribution is 2.20. The predicted octanol–water partition coefficient (Wildman–Crippen LogP) is 3.35. The van der Waals surface area contributed by atoms with Gasteiger partial charge in [-0.3, -0.25) is 4.79 Å². The van der Waals surface area contributed by atoms with Gasteiger partial charge in [-0.25, -0.2) is 9.69 Å². The molecule has 1 heterocycles. The van der Waals surface area contributed by atoms with Gasteiger partial charge in [0.15, 0.2) is 0 Å². The molecule has 2 amide bonds. The lowest BCUT2D eigenvalue weighted by molar-refractivity contribution is -0.122. The fraction of sp³-hybridized carbons (Fsp3) is 0.111. The van der Waals surface area contributed by atoms with Crippen LogP contribution in [0.3, 0.4) is 0 Å². The minimum atomic E-state index is -2.90. The monoisotopic (exact) mass is 297 g/mol. The van der Waals surface area contributed by atoms with E-state index >= 15 is 0 Å². The zero-order valence-corrected chi connectivity index (χ0v) is 11.5. The fourth-order valence-corrected chi connectivity index (χ4v) is 2.04. The molecule has 0 radical (unpaired) electrons. The molecule has 22 heavy (non-hydrogen) atoms. The lowest BCUT2D eigenvalue weighted by Crippen LogP contribution is -2.29. The topological polar surface area (TPSA) is 46.6 Å². The summed E-state index contributed by atoms with van der Waals surface area (Å²) in [5.74, 6) is -0.994. The van der Waals surface area contributed by atoms with Gasteiger partial charge >= 0.3 is 6.09 Å². The Kier molecular flexibility index (Phi) is 2.83. The zero-order chi connectivity index (χ0) is 18.9. The molecular formula is C18H15NO3. The summed E-state index contributed by atoms with van der Waals surface area (Å²) in [6, 6.07) is 17.0. The Labute approximate surface area is 134 Å². The van der Waals surface area contributed by atoms with Gasteiger partial charge in [-0.15, -0.1) is 0 Å². The quantitative estimate of drug-likeness (QED) is 0.816.